The highest BCUT2D eigenvalue weighted by Gasteiger charge is 2.25. The Labute approximate surface area is 130 Å². The van der Waals surface area contributed by atoms with E-state index in [2.05, 4.69) is 26.0 Å². The molecule has 0 aromatic heterocycles. The molecule has 1 rings (SSSR count). The summed E-state index contributed by atoms with van der Waals surface area (Å²) in [5.41, 5.74) is 0. The molecule has 21 heavy (non-hydrogen) atoms. The lowest BCUT2D eigenvalue weighted by molar-refractivity contribution is -0.139. The lowest BCUT2D eigenvalue weighted by atomic mass is 10.2. The Morgan fingerprint density at radius 1 is 1.29 bits per heavy atom. The fourth-order valence-electron chi connectivity index (χ4n) is 1.49. The summed E-state index contributed by atoms with van der Waals surface area (Å²) < 4.78 is 27.0. The van der Waals surface area contributed by atoms with Gasteiger partial charge < -0.3 is 10.4 Å². The van der Waals surface area contributed by atoms with E-state index >= 15 is 0 Å². The highest BCUT2D eigenvalue weighted by Crippen LogP contribution is 2.15. The van der Waals surface area contributed by atoms with E-state index in [0.29, 0.717) is 4.47 Å². The standard InChI is InChI=1S/C12H15BrN2O5S/c1-8(16)14-7-6-11(12(17)18)15-21(19,20)10-4-2-9(13)3-5-10/h2-5,11,15H,6-7H2,1H3,(H,14,16)(H,17,18)/t11-/m1/s1. The normalized spacial score (nSPS) is 12.7. The van der Waals surface area contributed by atoms with Gasteiger partial charge in [0.15, 0.2) is 0 Å². The van der Waals surface area contributed by atoms with Crippen LogP contribution < -0.4 is 10.0 Å². The van der Waals surface area contributed by atoms with Gasteiger partial charge in [-0.2, -0.15) is 4.72 Å². The maximum atomic E-state index is 12.1. The monoisotopic (exact) mass is 378 g/mol. The van der Waals surface area contributed by atoms with Crippen LogP contribution in [-0.4, -0.2) is 38.0 Å². The molecule has 0 fully saturated rings. The number of carboxylic acid groups (broad SMARTS) is 1. The van der Waals surface area contributed by atoms with Crippen molar-refractivity contribution in [2.45, 2.75) is 24.3 Å². The van der Waals surface area contributed by atoms with Gasteiger partial charge in [-0.05, 0) is 30.7 Å². The predicted molar refractivity (Wildman–Crippen MR) is 79.2 cm³/mol. The molecule has 1 aromatic rings. The number of aliphatic carboxylic acids is 1. The van der Waals surface area contributed by atoms with Gasteiger partial charge in [0.1, 0.15) is 6.04 Å². The quantitative estimate of drug-likeness (QED) is 0.646. The van der Waals surface area contributed by atoms with Crippen LogP contribution >= 0.6 is 15.9 Å². The van der Waals surface area contributed by atoms with E-state index < -0.39 is 22.0 Å². The molecule has 0 aliphatic carbocycles. The van der Waals surface area contributed by atoms with Gasteiger partial charge in [0, 0.05) is 17.9 Å². The fourth-order valence-corrected chi connectivity index (χ4v) is 2.98. The van der Waals surface area contributed by atoms with Crippen molar-refractivity contribution < 1.29 is 23.1 Å². The molecule has 116 valence electrons. The molecular formula is C12H15BrN2O5S. The molecular weight excluding hydrogens is 364 g/mol. The van der Waals surface area contributed by atoms with Crippen molar-refractivity contribution in [1.29, 1.82) is 0 Å². The number of sulfonamides is 1. The molecule has 0 bridgehead atoms. The number of amides is 1. The van der Waals surface area contributed by atoms with Crippen molar-refractivity contribution in [3.05, 3.63) is 28.7 Å². The van der Waals surface area contributed by atoms with E-state index in [-0.39, 0.29) is 23.8 Å². The SMILES string of the molecule is CC(=O)NCC[C@@H](NS(=O)(=O)c1ccc(Br)cc1)C(=O)O. The van der Waals surface area contributed by atoms with Crippen LogP contribution in [0.1, 0.15) is 13.3 Å². The zero-order valence-corrected chi connectivity index (χ0v) is 13.6. The lowest BCUT2D eigenvalue weighted by Gasteiger charge is -2.15. The van der Waals surface area contributed by atoms with E-state index in [1.807, 2.05) is 0 Å². The second kappa shape index (κ2) is 7.53. The van der Waals surface area contributed by atoms with Gasteiger partial charge in [-0.25, -0.2) is 8.42 Å². The molecule has 1 atom stereocenters. The number of carbonyl (C=O) groups is 2. The Morgan fingerprint density at radius 2 is 1.86 bits per heavy atom. The van der Waals surface area contributed by atoms with Gasteiger partial charge >= 0.3 is 5.97 Å². The minimum absolute atomic E-state index is 0.0310. The topological polar surface area (TPSA) is 113 Å². The Balaban J connectivity index is 2.79. The van der Waals surface area contributed by atoms with Crippen molar-refractivity contribution in [2.24, 2.45) is 0 Å². The Kier molecular flexibility index (Phi) is 6.31. The number of carbonyl (C=O) groups excluding carboxylic acids is 1. The molecule has 0 saturated carbocycles. The highest BCUT2D eigenvalue weighted by molar-refractivity contribution is 9.10. The van der Waals surface area contributed by atoms with E-state index in [0.717, 1.165) is 0 Å². The average molecular weight is 379 g/mol. The molecule has 0 aliphatic rings. The second-order valence-corrected chi connectivity index (χ2v) is 6.87. The van der Waals surface area contributed by atoms with E-state index in [1.165, 1.54) is 19.1 Å². The Morgan fingerprint density at radius 3 is 2.33 bits per heavy atom. The van der Waals surface area contributed by atoms with E-state index in [1.54, 1.807) is 12.1 Å². The van der Waals surface area contributed by atoms with Crippen molar-refractivity contribution in [3.63, 3.8) is 0 Å². The summed E-state index contributed by atoms with van der Waals surface area (Å²) in [6.07, 6.45) is -0.0509. The lowest BCUT2D eigenvalue weighted by Crippen LogP contribution is -2.42. The third kappa shape index (κ3) is 5.82. The van der Waals surface area contributed by atoms with Gasteiger partial charge in [-0.15, -0.1) is 0 Å². The number of hydrogen-bond acceptors (Lipinski definition) is 4. The van der Waals surface area contributed by atoms with E-state index in [9.17, 15) is 18.0 Å². The number of nitrogens with one attached hydrogen (secondary N) is 2. The number of halogens is 1. The average Bonchev–Trinajstić information content (AvgIpc) is 2.37. The first kappa shape index (κ1) is 17.6. The summed E-state index contributed by atoms with van der Waals surface area (Å²) in [4.78, 5) is 21.8. The Bertz CT molecular complexity index is 615. The number of rotatable bonds is 7. The van der Waals surface area contributed by atoms with Crippen LogP contribution in [0.15, 0.2) is 33.6 Å². The van der Waals surface area contributed by atoms with Crippen LogP contribution in [0, 0.1) is 0 Å². The van der Waals surface area contributed by atoms with Gasteiger partial charge in [0.05, 0.1) is 4.90 Å². The van der Waals surface area contributed by atoms with Crippen LogP contribution in [0.3, 0.4) is 0 Å². The first-order valence-electron chi connectivity index (χ1n) is 5.97. The number of carboxylic acids is 1. The fraction of sp³-hybridized carbons (Fsp3) is 0.333. The van der Waals surface area contributed by atoms with Crippen LogP contribution in [0.4, 0.5) is 0 Å². The molecule has 0 heterocycles. The summed E-state index contributed by atoms with van der Waals surface area (Å²) >= 11 is 3.18. The van der Waals surface area contributed by atoms with Crippen LogP contribution in [-0.2, 0) is 19.6 Å². The second-order valence-electron chi connectivity index (χ2n) is 4.24. The molecule has 0 saturated heterocycles. The summed E-state index contributed by atoms with van der Waals surface area (Å²) in [5, 5.41) is 11.5. The first-order chi connectivity index (χ1) is 9.72. The van der Waals surface area contributed by atoms with Crippen LogP contribution in [0.5, 0.6) is 0 Å². The number of hydrogen-bond donors (Lipinski definition) is 3. The summed E-state index contributed by atoms with van der Waals surface area (Å²) in [6.45, 7) is 1.36. The largest absolute Gasteiger partial charge is 0.480 e. The van der Waals surface area contributed by atoms with Crippen LogP contribution in [0.2, 0.25) is 0 Å². The maximum Gasteiger partial charge on any atom is 0.321 e. The highest BCUT2D eigenvalue weighted by atomic mass is 79.9. The van der Waals surface area contributed by atoms with Gasteiger partial charge in [0.2, 0.25) is 15.9 Å². The van der Waals surface area contributed by atoms with Gasteiger partial charge in [0.25, 0.3) is 0 Å². The summed E-state index contributed by atoms with van der Waals surface area (Å²) in [5.74, 6) is -1.61. The molecule has 7 nitrogen and oxygen atoms in total. The summed E-state index contributed by atoms with van der Waals surface area (Å²) in [6, 6.07) is 4.49. The molecule has 0 radical (unpaired) electrons. The minimum atomic E-state index is -3.94. The third-order valence-electron chi connectivity index (χ3n) is 2.53. The zero-order valence-electron chi connectivity index (χ0n) is 11.2. The zero-order chi connectivity index (χ0) is 16.0. The molecule has 1 aromatic carbocycles. The molecule has 0 spiro atoms. The van der Waals surface area contributed by atoms with Crippen LogP contribution in [0.25, 0.3) is 0 Å². The Hall–Kier alpha value is -1.45. The first-order valence-corrected chi connectivity index (χ1v) is 8.25. The van der Waals surface area contributed by atoms with Crippen molar-refractivity contribution in [2.75, 3.05) is 6.54 Å². The number of benzene rings is 1. The van der Waals surface area contributed by atoms with Gasteiger partial charge in [-0.1, -0.05) is 15.9 Å². The predicted octanol–water partition coefficient (Wildman–Crippen LogP) is 0.707. The molecule has 3 N–H and O–H groups in total. The molecule has 1 amide bonds. The minimum Gasteiger partial charge on any atom is -0.480 e. The van der Waals surface area contributed by atoms with Gasteiger partial charge in [-0.3, -0.25) is 9.59 Å². The molecule has 0 aliphatic heterocycles. The maximum absolute atomic E-state index is 12.1. The van der Waals surface area contributed by atoms with Crippen molar-refractivity contribution in [3.8, 4) is 0 Å². The summed E-state index contributed by atoms with van der Waals surface area (Å²) in [7, 11) is -3.94. The molecule has 0 unspecified atom stereocenters. The van der Waals surface area contributed by atoms with Crippen molar-refractivity contribution in [1.82, 2.24) is 10.0 Å². The third-order valence-corrected chi connectivity index (χ3v) is 4.54. The van der Waals surface area contributed by atoms with E-state index in [4.69, 9.17) is 5.11 Å². The smallest absolute Gasteiger partial charge is 0.321 e. The van der Waals surface area contributed by atoms with Crippen molar-refractivity contribution >= 4 is 37.8 Å². The molecule has 9 heteroatoms.